The molecule has 1 amide bonds. The van der Waals surface area contributed by atoms with Crippen LogP contribution in [0.4, 0.5) is 0 Å². The number of aryl methyl sites for hydroxylation is 3. The highest BCUT2D eigenvalue weighted by Gasteiger charge is 2.16. The van der Waals surface area contributed by atoms with Crippen molar-refractivity contribution in [2.75, 3.05) is 6.61 Å². The summed E-state index contributed by atoms with van der Waals surface area (Å²) in [5.41, 5.74) is 8.39. The van der Waals surface area contributed by atoms with Crippen molar-refractivity contribution in [3.63, 3.8) is 0 Å². The normalized spacial score (nSPS) is 12.5. The smallest absolute Gasteiger partial charge is 0.244 e. The van der Waals surface area contributed by atoms with Gasteiger partial charge in [-0.05, 0) is 75.8 Å². The van der Waals surface area contributed by atoms with Gasteiger partial charge in [0.25, 0.3) is 0 Å². The topological polar surface area (TPSA) is 51.5 Å². The molecule has 1 N–H and O–H groups in total. The van der Waals surface area contributed by atoms with Gasteiger partial charge in [-0.1, -0.05) is 54.1 Å². The predicted octanol–water partition coefficient (Wildman–Crippen LogP) is 7.66. The Morgan fingerprint density at radius 2 is 1.83 bits per heavy atom. The van der Waals surface area contributed by atoms with Crippen LogP contribution in [-0.2, 0) is 11.2 Å². The Morgan fingerprint density at radius 3 is 2.56 bits per heavy atom. The summed E-state index contributed by atoms with van der Waals surface area (Å²) in [5.74, 6) is 0.614. The van der Waals surface area contributed by atoms with Crippen molar-refractivity contribution in [3.8, 4) is 16.9 Å². The summed E-state index contributed by atoms with van der Waals surface area (Å²) in [6.07, 6.45) is 5.28. The van der Waals surface area contributed by atoms with E-state index in [2.05, 4.69) is 55.6 Å². The fraction of sp³-hybridized carbons (Fsp3) is 0.281. The molecule has 0 fully saturated rings. The third kappa shape index (κ3) is 5.88. The van der Waals surface area contributed by atoms with E-state index in [1.807, 2.05) is 51.3 Å². The quantitative estimate of drug-likeness (QED) is 0.250. The second kappa shape index (κ2) is 11.3. The molecule has 0 spiro atoms. The lowest BCUT2D eigenvalue weighted by atomic mass is 9.96. The second-order valence-corrected chi connectivity index (χ2v) is 9.51. The Bertz CT molecular complexity index is 1380. The molecule has 1 atom stereocenters. The van der Waals surface area contributed by atoms with Crippen molar-refractivity contribution in [3.05, 3.63) is 95.3 Å². The van der Waals surface area contributed by atoms with Crippen molar-refractivity contribution in [2.24, 2.45) is 0 Å². The number of rotatable bonds is 9. The Hall–Kier alpha value is -3.79. The van der Waals surface area contributed by atoms with Gasteiger partial charge in [-0.25, -0.2) is 0 Å². The number of carbonyl (C=O) groups excluding carboxylic acids is 1. The third-order valence-corrected chi connectivity index (χ3v) is 6.52. The summed E-state index contributed by atoms with van der Waals surface area (Å²) in [4.78, 5) is 12.8. The zero-order chi connectivity index (χ0) is 25.7. The van der Waals surface area contributed by atoms with E-state index >= 15 is 0 Å². The molecule has 36 heavy (non-hydrogen) atoms. The summed E-state index contributed by atoms with van der Waals surface area (Å²) in [6.45, 7) is 10.7. The van der Waals surface area contributed by atoms with Crippen LogP contribution in [0.15, 0.2) is 77.4 Å². The maximum Gasteiger partial charge on any atom is 0.244 e. The molecule has 0 aliphatic heterocycles. The van der Waals surface area contributed by atoms with Gasteiger partial charge in [-0.15, -0.1) is 0 Å². The van der Waals surface area contributed by atoms with Crippen molar-refractivity contribution < 1.29 is 13.9 Å². The fourth-order valence-corrected chi connectivity index (χ4v) is 4.62. The molecule has 0 radical (unpaired) electrons. The van der Waals surface area contributed by atoms with Gasteiger partial charge in [-0.3, -0.25) is 4.79 Å². The Morgan fingerprint density at radius 1 is 1.06 bits per heavy atom. The average molecular weight is 482 g/mol. The highest BCUT2D eigenvalue weighted by atomic mass is 16.5. The van der Waals surface area contributed by atoms with Crippen molar-refractivity contribution >= 4 is 22.4 Å². The van der Waals surface area contributed by atoms with Crippen LogP contribution in [-0.4, -0.2) is 18.6 Å². The molecular formula is C32H35NO3. The Labute approximate surface area is 214 Å². The van der Waals surface area contributed by atoms with Crippen LogP contribution in [0.2, 0.25) is 0 Å². The van der Waals surface area contributed by atoms with Crippen LogP contribution in [0, 0.1) is 13.8 Å². The van der Waals surface area contributed by atoms with Crippen LogP contribution in [0.5, 0.6) is 5.75 Å². The van der Waals surface area contributed by atoms with E-state index in [9.17, 15) is 4.79 Å². The van der Waals surface area contributed by atoms with Gasteiger partial charge in [0.05, 0.1) is 12.9 Å². The molecule has 0 aliphatic rings. The van der Waals surface area contributed by atoms with Crippen LogP contribution in [0.25, 0.3) is 27.7 Å². The van der Waals surface area contributed by atoms with Gasteiger partial charge < -0.3 is 14.5 Å². The molecule has 0 aliphatic carbocycles. The lowest BCUT2D eigenvalue weighted by Crippen LogP contribution is -2.31. The lowest BCUT2D eigenvalue weighted by Gasteiger charge is -2.14. The van der Waals surface area contributed by atoms with Gasteiger partial charge in [0, 0.05) is 34.7 Å². The number of hydrogen-bond acceptors (Lipinski definition) is 3. The zero-order valence-corrected chi connectivity index (χ0v) is 21.9. The highest BCUT2D eigenvalue weighted by Crippen LogP contribution is 2.38. The summed E-state index contributed by atoms with van der Waals surface area (Å²) in [5, 5.41) is 4.11. The highest BCUT2D eigenvalue weighted by molar-refractivity contribution is 6.00. The number of benzene rings is 3. The molecule has 0 saturated carbocycles. The van der Waals surface area contributed by atoms with E-state index in [4.69, 9.17) is 9.15 Å². The molecule has 4 nitrogen and oxygen atoms in total. The standard InChI is InChI=1S/C32H35NO3/c1-6-35-30-19-31-28(29(20-36-31)26-15-12-21(2)16-22(26)3)18-27(30)23(4)17-32(34)33-24(5)13-14-25-10-8-7-9-11-25/h7-12,15-20,24H,6,13-14H2,1-5H3,(H,33,34)/b23-17+. The molecule has 0 saturated heterocycles. The Kier molecular flexibility index (Phi) is 7.94. The molecule has 1 heterocycles. The second-order valence-electron chi connectivity index (χ2n) is 9.51. The molecule has 0 bridgehead atoms. The number of carbonyl (C=O) groups is 1. The number of allylic oxidation sites excluding steroid dienone is 1. The molecule has 4 aromatic rings. The average Bonchev–Trinajstić information content (AvgIpc) is 3.25. The minimum Gasteiger partial charge on any atom is -0.493 e. The van der Waals surface area contributed by atoms with Crippen LogP contribution < -0.4 is 10.1 Å². The van der Waals surface area contributed by atoms with Gasteiger partial charge >= 0.3 is 0 Å². The van der Waals surface area contributed by atoms with E-state index in [1.54, 1.807) is 6.08 Å². The van der Waals surface area contributed by atoms with Gasteiger partial charge in [0.1, 0.15) is 11.3 Å². The van der Waals surface area contributed by atoms with Gasteiger partial charge in [-0.2, -0.15) is 0 Å². The van der Waals surface area contributed by atoms with Crippen LogP contribution >= 0.6 is 0 Å². The molecule has 186 valence electrons. The molecule has 4 heteroatoms. The third-order valence-electron chi connectivity index (χ3n) is 6.52. The summed E-state index contributed by atoms with van der Waals surface area (Å²) in [6, 6.07) is 20.9. The molecular weight excluding hydrogens is 446 g/mol. The first kappa shape index (κ1) is 25.3. The lowest BCUT2D eigenvalue weighted by molar-refractivity contribution is -0.117. The SMILES string of the molecule is CCOc1cc2occ(-c3ccc(C)cc3C)c2cc1/C(C)=C/C(=O)NC(C)CCc1ccccc1. The largest absolute Gasteiger partial charge is 0.493 e. The maximum absolute atomic E-state index is 12.8. The number of nitrogens with one attached hydrogen (secondary N) is 1. The number of hydrogen-bond donors (Lipinski definition) is 1. The van der Waals surface area contributed by atoms with E-state index < -0.39 is 0 Å². The molecule has 3 aromatic carbocycles. The monoisotopic (exact) mass is 481 g/mol. The summed E-state index contributed by atoms with van der Waals surface area (Å²) < 4.78 is 11.9. The Balaban J connectivity index is 1.59. The first-order valence-corrected chi connectivity index (χ1v) is 12.6. The van der Waals surface area contributed by atoms with Gasteiger partial charge in [0.2, 0.25) is 5.91 Å². The number of amides is 1. The number of fused-ring (bicyclic) bond motifs is 1. The zero-order valence-electron chi connectivity index (χ0n) is 21.9. The molecule has 1 unspecified atom stereocenters. The van der Waals surface area contributed by atoms with E-state index in [0.717, 1.165) is 46.1 Å². The number of ether oxygens (including phenoxy) is 1. The van der Waals surface area contributed by atoms with Crippen molar-refractivity contribution in [1.82, 2.24) is 5.32 Å². The number of furan rings is 1. The maximum atomic E-state index is 12.8. The van der Waals surface area contributed by atoms with E-state index in [1.165, 1.54) is 16.7 Å². The first-order valence-electron chi connectivity index (χ1n) is 12.6. The van der Waals surface area contributed by atoms with E-state index in [-0.39, 0.29) is 11.9 Å². The van der Waals surface area contributed by atoms with Crippen molar-refractivity contribution in [2.45, 2.75) is 53.5 Å². The fourth-order valence-electron chi connectivity index (χ4n) is 4.62. The van der Waals surface area contributed by atoms with E-state index in [0.29, 0.717) is 12.4 Å². The molecule has 1 aromatic heterocycles. The van der Waals surface area contributed by atoms with Crippen molar-refractivity contribution in [1.29, 1.82) is 0 Å². The summed E-state index contributed by atoms with van der Waals surface area (Å²) in [7, 11) is 0. The van der Waals surface area contributed by atoms with Gasteiger partial charge in [0.15, 0.2) is 0 Å². The first-order chi connectivity index (χ1) is 17.4. The minimum atomic E-state index is -0.0996. The molecule has 4 rings (SSSR count). The minimum absolute atomic E-state index is 0.0700. The predicted molar refractivity (Wildman–Crippen MR) is 148 cm³/mol. The van der Waals surface area contributed by atoms with Crippen LogP contribution in [0.3, 0.4) is 0 Å². The summed E-state index contributed by atoms with van der Waals surface area (Å²) >= 11 is 0. The van der Waals surface area contributed by atoms with Crippen LogP contribution in [0.1, 0.15) is 49.4 Å².